The Balaban J connectivity index is 1.93. The Morgan fingerprint density at radius 3 is 2.74 bits per heavy atom. The normalized spacial score (nSPS) is 26.3. The monoisotopic (exact) mass is 268 g/mol. The fraction of sp³-hybridized carbons (Fsp3) is 0.769. The topological polar surface area (TPSA) is 79.2 Å². The fourth-order valence-corrected chi connectivity index (χ4v) is 2.48. The van der Waals surface area contributed by atoms with E-state index in [1.165, 1.54) is 0 Å². The van der Waals surface area contributed by atoms with E-state index in [0.29, 0.717) is 13.1 Å². The molecule has 2 rings (SSSR count). The number of carboxylic acid groups (broad SMARTS) is 1. The maximum absolute atomic E-state index is 12.3. The summed E-state index contributed by atoms with van der Waals surface area (Å²) in [6, 6.07) is 0. The molecule has 19 heavy (non-hydrogen) atoms. The Labute approximate surface area is 112 Å². The van der Waals surface area contributed by atoms with Crippen molar-refractivity contribution in [1.82, 2.24) is 4.90 Å². The summed E-state index contributed by atoms with van der Waals surface area (Å²) >= 11 is 0. The average Bonchev–Trinajstić information content (AvgIpc) is 2.75. The molecule has 0 spiro atoms. The molecule has 0 aromatic rings. The van der Waals surface area contributed by atoms with Crippen LogP contribution in [0.1, 0.15) is 39.5 Å². The third-order valence-electron chi connectivity index (χ3n) is 3.84. The first-order valence-electron chi connectivity index (χ1n) is 6.64. The van der Waals surface area contributed by atoms with E-state index >= 15 is 0 Å². The smallest absolute Gasteiger partial charge is 0.353 e. The van der Waals surface area contributed by atoms with E-state index in [0.717, 1.165) is 19.3 Å². The molecular formula is C13H20N2O4. The molecule has 106 valence electrons. The molecule has 1 amide bonds. The van der Waals surface area contributed by atoms with Gasteiger partial charge in [0.25, 0.3) is 5.91 Å². The van der Waals surface area contributed by atoms with Gasteiger partial charge in [-0.2, -0.15) is 0 Å². The molecule has 0 bridgehead atoms. The number of oxime groups is 1. The SMILES string of the molecule is CC1(C)CCCN(C(=O)C2CC(C(=O)O)=NO2)CC1. The van der Waals surface area contributed by atoms with Crippen LogP contribution in [0.2, 0.25) is 0 Å². The number of amides is 1. The largest absolute Gasteiger partial charge is 0.477 e. The number of aliphatic carboxylic acids is 1. The van der Waals surface area contributed by atoms with Crippen molar-refractivity contribution in [3.05, 3.63) is 0 Å². The zero-order valence-corrected chi connectivity index (χ0v) is 11.4. The van der Waals surface area contributed by atoms with Gasteiger partial charge in [-0.1, -0.05) is 19.0 Å². The summed E-state index contributed by atoms with van der Waals surface area (Å²) in [5.74, 6) is -1.26. The second-order valence-electron chi connectivity index (χ2n) is 5.98. The van der Waals surface area contributed by atoms with Gasteiger partial charge in [-0.15, -0.1) is 0 Å². The highest BCUT2D eigenvalue weighted by atomic mass is 16.6. The zero-order chi connectivity index (χ0) is 14.0. The second kappa shape index (κ2) is 5.19. The van der Waals surface area contributed by atoms with Crippen LogP contribution in [0, 0.1) is 5.41 Å². The minimum Gasteiger partial charge on any atom is -0.477 e. The Hall–Kier alpha value is -1.59. The molecule has 1 unspecified atom stereocenters. The van der Waals surface area contributed by atoms with Gasteiger partial charge in [0.05, 0.1) is 0 Å². The van der Waals surface area contributed by atoms with Crippen LogP contribution in [0.15, 0.2) is 5.16 Å². The van der Waals surface area contributed by atoms with E-state index in [9.17, 15) is 9.59 Å². The Morgan fingerprint density at radius 2 is 2.11 bits per heavy atom. The summed E-state index contributed by atoms with van der Waals surface area (Å²) < 4.78 is 0. The number of carboxylic acids is 1. The number of nitrogens with zero attached hydrogens (tertiary/aromatic N) is 2. The Morgan fingerprint density at radius 1 is 1.37 bits per heavy atom. The molecule has 1 fully saturated rings. The van der Waals surface area contributed by atoms with Crippen LogP contribution >= 0.6 is 0 Å². The van der Waals surface area contributed by atoms with Crippen molar-refractivity contribution in [3.63, 3.8) is 0 Å². The van der Waals surface area contributed by atoms with Crippen LogP contribution < -0.4 is 0 Å². The lowest BCUT2D eigenvalue weighted by Gasteiger charge is -2.24. The first-order chi connectivity index (χ1) is 8.89. The number of carbonyl (C=O) groups is 2. The lowest BCUT2D eigenvalue weighted by atomic mass is 9.85. The van der Waals surface area contributed by atoms with Crippen LogP contribution in [0.5, 0.6) is 0 Å². The minimum atomic E-state index is -1.12. The molecule has 0 aromatic heterocycles. The Bertz CT molecular complexity index is 417. The highest BCUT2D eigenvalue weighted by Crippen LogP contribution is 2.30. The van der Waals surface area contributed by atoms with Gasteiger partial charge in [0, 0.05) is 19.5 Å². The zero-order valence-electron chi connectivity index (χ0n) is 11.4. The molecule has 0 aromatic carbocycles. The summed E-state index contributed by atoms with van der Waals surface area (Å²) in [7, 11) is 0. The van der Waals surface area contributed by atoms with Crippen molar-refractivity contribution < 1.29 is 19.5 Å². The van der Waals surface area contributed by atoms with Gasteiger partial charge in [0.2, 0.25) is 6.10 Å². The highest BCUT2D eigenvalue weighted by molar-refractivity contribution is 6.36. The van der Waals surface area contributed by atoms with Gasteiger partial charge < -0.3 is 14.8 Å². The molecule has 0 radical (unpaired) electrons. The van der Waals surface area contributed by atoms with Crippen LogP contribution in [-0.2, 0) is 14.4 Å². The molecule has 2 heterocycles. The van der Waals surface area contributed by atoms with E-state index in [4.69, 9.17) is 9.94 Å². The molecule has 2 aliphatic heterocycles. The third kappa shape index (κ3) is 3.24. The number of likely N-dealkylation sites (tertiary alicyclic amines) is 1. The molecule has 1 atom stereocenters. The molecule has 0 saturated carbocycles. The summed E-state index contributed by atoms with van der Waals surface area (Å²) in [5, 5.41) is 12.3. The number of hydrogen-bond acceptors (Lipinski definition) is 4. The van der Waals surface area contributed by atoms with Crippen molar-refractivity contribution in [1.29, 1.82) is 0 Å². The first-order valence-corrected chi connectivity index (χ1v) is 6.64. The maximum atomic E-state index is 12.3. The minimum absolute atomic E-state index is 0.0636. The van der Waals surface area contributed by atoms with Crippen molar-refractivity contribution >= 4 is 17.6 Å². The van der Waals surface area contributed by atoms with Crippen molar-refractivity contribution in [2.75, 3.05) is 13.1 Å². The van der Waals surface area contributed by atoms with Gasteiger partial charge in [-0.25, -0.2) is 4.79 Å². The van der Waals surface area contributed by atoms with Gasteiger partial charge in [-0.3, -0.25) is 4.79 Å². The summed E-state index contributed by atoms with van der Waals surface area (Å²) in [6.07, 6.45) is 2.33. The van der Waals surface area contributed by atoms with E-state index in [1.54, 1.807) is 4.90 Å². The molecule has 0 aliphatic carbocycles. The average molecular weight is 268 g/mol. The van der Waals surface area contributed by atoms with E-state index in [1.807, 2.05) is 0 Å². The summed E-state index contributed by atoms with van der Waals surface area (Å²) in [5.41, 5.74) is 0.183. The molecule has 6 nitrogen and oxygen atoms in total. The molecule has 1 saturated heterocycles. The molecular weight excluding hydrogens is 248 g/mol. The van der Waals surface area contributed by atoms with E-state index in [-0.39, 0.29) is 23.5 Å². The summed E-state index contributed by atoms with van der Waals surface area (Å²) in [4.78, 5) is 29.7. The lowest BCUT2D eigenvalue weighted by Crippen LogP contribution is -2.40. The van der Waals surface area contributed by atoms with Gasteiger partial charge in [0.1, 0.15) is 0 Å². The van der Waals surface area contributed by atoms with Crippen molar-refractivity contribution in [2.45, 2.75) is 45.6 Å². The van der Waals surface area contributed by atoms with E-state index in [2.05, 4.69) is 19.0 Å². The van der Waals surface area contributed by atoms with Gasteiger partial charge in [0.15, 0.2) is 5.71 Å². The van der Waals surface area contributed by atoms with Gasteiger partial charge in [-0.05, 0) is 24.7 Å². The third-order valence-corrected chi connectivity index (χ3v) is 3.84. The highest BCUT2D eigenvalue weighted by Gasteiger charge is 2.35. The predicted octanol–water partition coefficient (Wildman–Crippen LogP) is 1.25. The predicted molar refractivity (Wildman–Crippen MR) is 68.8 cm³/mol. The number of rotatable bonds is 2. The maximum Gasteiger partial charge on any atom is 0.353 e. The van der Waals surface area contributed by atoms with Crippen LogP contribution in [0.3, 0.4) is 0 Å². The molecule has 6 heteroatoms. The molecule has 1 N–H and O–H groups in total. The number of carbonyl (C=O) groups excluding carboxylic acids is 1. The lowest BCUT2D eigenvalue weighted by molar-refractivity contribution is -0.142. The van der Waals surface area contributed by atoms with Crippen LogP contribution in [0.4, 0.5) is 0 Å². The van der Waals surface area contributed by atoms with E-state index < -0.39 is 12.1 Å². The van der Waals surface area contributed by atoms with Crippen molar-refractivity contribution in [3.8, 4) is 0 Å². The number of hydrogen-bond donors (Lipinski definition) is 1. The molecule has 2 aliphatic rings. The van der Waals surface area contributed by atoms with Crippen LogP contribution in [-0.4, -0.2) is 46.8 Å². The van der Waals surface area contributed by atoms with Crippen LogP contribution in [0.25, 0.3) is 0 Å². The van der Waals surface area contributed by atoms with Gasteiger partial charge >= 0.3 is 5.97 Å². The Kier molecular flexibility index (Phi) is 3.78. The fourth-order valence-electron chi connectivity index (χ4n) is 2.48. The summed E-state index contributed by atoms with van der Waals surface area (Å²) in [6.45, 7) is 5.83. The standard InChI is InChI=1S/C13H20N2O4/c1-13(2)4-3-6-15(7-5-13)11(16)10-8-9(12(17)18)14-19-10/h10H,3-8H2,1-2H3,(H,17,18). The first kappa shape index (κ1) is 13.8. The quantitative estimate of drug-likeness (QED) is 0.817. The van der Waals surface area contributed by atoms with Crippen molar-refractivity contribution in [2.24, 2.45) is 10.6 Å². The second-order valence-corrected chi connectivity index (χ2v) is 5.98.